The van der Waals surface area contributed by atoms with Gasteiger partial charge in [-0.15, -0.1) is 0 Å². The van der Waals surface area contributed by atoms with Crippen LogP contribution in [-0.4, -0.2) is 18.0 Å². The Morgan fingerprint density at radius 2 is 1.94 bits per heavy atom. The van der Waals surface area contributed by atoms with Gasteiger partial charge in [0.25, 0.3) is 0 Å². The van der Waals surface area contributed by atoms with Gasteiger partial charge in [0.2, 0.25) is 0 Å². The highest BCUT2D eigenvalue weighted by molar-refractivity contribution is 5.67. The molecule has 0 aliphatic rings. The Balaban J connectivity index is 2.72. The molecule has 0 heterocycles. The molecule has 0 aliphatic heterocycles. The monoisotopic (exact) mass is 219 g/mol. The predicted octanol–water partition coefficient (Wildman–Crippen LogP) is 3.02. The summed E-state index contributed by atoms with van der Waals surface area (Å²) in [4.78, 5) is 12.9. The van der Waals surface area contributed by atoms with Gasteiger partial charge in [0, 0.05) is 13.6 Å². The highest BCUT2D eigenvalue weighted by Crippen LogP contribution is 2.11. The largest absolute Gasteiger partial charge is 0.419 e. The molecular formula is C13H17NO2. The molecule has 0 saturated heterocycles. The minimum Gasteiger partial charge on any atom is -0.419 e. The van der Waals surface area contributed by atoms with Crippen LogP contribution in [0.15, 0.2) is 31.0 Å². The van der Waals surface area contributed by atoms with Crippen molar-refractivity contribution in [1.82, 2.24) is 4.90 Å². The van der Waals surface area contributed by atoms with Crippen LogP contribution < -0.4 is 0 Å². The number of rotatable bonds is 3. The maximum atomic E-state index is 11.3. The maximum Gasteiger partial charge on any atom is 0.414 e. The van der Waals surface area contributed by atoms with E-state index in [1.807, 2.05) is 13.8 Å². The standard InChI is InChI=1S/C13H17NO2/c1-5-16-13(15)14(4)9-12-7-10(2)6-11(3)8-12/h5-8H,1,9H2,2-4H3. The number of amides is 1. The summed E-state index contributed by atoms with van der Waals surface area (Å²) in [6.07, 6.45) is 0.745. The fraction of sp³-hybridized carbons (Fsp3) is 0.308. The molecule has 3 heteroatoms. The third kappa shape index (κ3) is 3.42. The van der Waals surface area contributed by atoms with Crippen LogP contribution in [0.4, 0.5) is 4.79 Å². The van der Waals surface area contributed by atoms with Gasteiger partial charge < -0.3 is 9.64 Å². The predicted molar refractivity (Wildman–Crippen MR) is 64.1 cm³/mol. The molecule has 86 valence electrons. The van der Waals surface area contributed by atoms with Crippen LogP contribution in [0.3, 0.4) is 0 Å². The van der Waals surface area contributed by atoms with Gasteiger partial charge in [-0.3, -0.25) is 0 Å². The average Bonchev–Trinajstić information content (AvgIpc) is 2.16. The first kappa shape index (κ1) is 12.3. The summed E-state index contributed by atoms with van der Waals surface area (Å²) in [5.74, 6) is 0. The van der Waals surface area contributed by atoms with E-state index in [-0.39, 0.29) is 0 Å². The van der Waals surface area contributed by atoms with E-state index in [0.29, 0.717) is 6.54 Å². The van der Waals surface area contributed by atoms with E-state index < -0.39 is 6.09 Å². The lowest BCUT2D eigenvalue weighted by atomic mass is 10.1. The zero-order valence-corrected chi connectivity index (χ0v) is 9.99. The number of carbonyl (C=O) groups excluding carboxylic acids is 1. The SMILES string of the molecule is C=COC(=O)N(C)Cc1cc(C)cc(C)c1. The zero-order valence-electron chi connectivity index (χ0n) is 9.99. The van der Waals surface area contributed by atoms with Crippen molar-refractivity contribution in [3.05, 3.63) is 47.7 Å². The van der Waals surface area contributed by atoms with Crippen LogP contribution in [-0.2, 0) is 11.3 Å². The lowest BCUT2D eigenvalue weighted by Crippen LogP contribution is -2.25. The first-order valence-corrected chi connectivity index (χ1v) is 5.12. The summed E-state index contributed by atoms with van der Waals surface area (Å²) in [6, 6.07) is 6.22. The molecule has 0 saturated carbocycles. The van der Waals surface area contributed by atoms with E-state index in [4.69, 9.17) is 0 Å². The number of nitrogens with zero attached hydrogens (tertiary/aromatic N) is 1. The molecule has 0 radical (unpaired) electrons. The summed E-state index contributed by atoms with van der Waals surface area (Å²) < 4.78 is 4.69. The molecule has 0 aromatic heterocycles. The van der Waals surface area contributed by atoms with Crippen LogP contribution in [0.2, 0.25) is 0 Å². The summed E-state index contributed by atoms with van der Waals surface area (Å²) >= 11 is 0. The third-order valence-electron chi connectivity index (χ3n) is 2.20. The van der Waals surface area contributed by atoms with Gasteiger partial charge in [-0.1, -0.05) is 35.9 Å². The molecule has 1 aromatic rings. The van der Waals surface area contributed by atoms with Gasteiger partial charge >= 0.3 is 6.09 Å². The van der Waals surface area contributed by atoms with Crippen LogP contribution in [0.25, 0.3) is 0 Å². The Morgan fingerprint density at radius 3 is 2.44 bits per heavy atom. The number of ether oxygens (including phenoxy) is 1. The van der Waals surface area contributed by atoms with Crippen molar-refractivity contribution in [2.45, 2.75) is 20.4 Å². The molecule has 1 rings (SSSR count). The van der Waals surface area contributed by atoms with Crippen molar-refractivity contribution in [2.75, 3.05) is 7.05 Å². The minimum absolute atomic E-state index is 0.394. The van der Waals surface area contributed by atoms with Crippen LogP contribution in [0, 0.1) is 13.8 Å². The lowest BCUT2D eigenvalue weighted by Gasteiger charge is -2.16. The number of hydrogen-bond donors (Lipinski definition) is 0. The van der Waals surface area contributed by atoms with Gasteiger partial charge in [-0.2, -0.15) is 0 Å². The first-order chi connectivity index (χ1) is 7.52. The number of benzene rings is 1. The Morgan fingerprint density at radius 1 is 1.38 bits per heavy atom. The number of hydrogen-bond acceptors (Lipinski definition) is 2. The lowest BCUT2D eigenvalue weighted by molar-refractivity contribution is 0.145. The van der Waals surface area contributed by atoms with Crippen LogP contribution in [0.5, 0.6) is 0 Å². The smallest absolute Gasteiger partial charge is 0.414 e. The molecule has 0 atom stereocenters. The maximum absolute atomic E-state index is 11.3. The van der Waals surface area contributed by atoms with E-state index in [2.05, 4.69) is 29.5 Å². The van der Waals surface area contributed by atoms with Crippen molar-refractivity contribution >= 4 is 6.09 Å². The number of carbonyl (C=O) groups is 1. The van der Waals surface area contributed by atoms with Gasteiger partial charge in [0.15, 0.2) is 0 Å². The molecule has 0 N–H and O–H groups in total. The molecule has 0 bridgehead atoms. The summed E-state index contributed by atoms with van der Waals surface area (Å²) in [6.45, 7) is 7.97. The van der Waals surface area contributed by atoms with E-state index in [0.717, 1.165) is 11.8 Å². The summed E-state index contributed by atoms with van der Waals surface area (Å²) in [5.41, 5.74) is 3.49. The second-order valence-electron chi connectivity index (χ2n) is 3.90. The number of aryl methyl sites for hydroxylation is 2. The molecule has 0 unspecified atom stereocenters. The van der Waals surface area contributed by atoms with Crippen molar-refractivity contribution in [3.8, 4) is 0 Å². The molecule has 1 amide bonds. The molecule has 1 aromatic carbocycles. The quantitative estimate of drug-likeness (QED) is 0.731. The summed E-state index contributed by atoms with van der Waals surface area (Å²) in [5, 5.41) is 0. The van der Waals surface area contributed by atoms with Crippen LogP contribution >= 0.6 is 0 Å². The average molecular weight is 219 g/mol. The normalized spacial score (nSPS) is 9.69. The fourth-order valence-electron chi connectivity index (χ4n) is 1.66. The van der Waals surface area contributed by atoms with Gasteiger partial charge in [0.05, 0.1) is 6.26 Å². The van der Waals surface area contributed by atoms with Gasteiger partial charge in [-0.05, 0) is 19.4 Å². The van der Waals surface area contributed by atoms with Crippen molar-refractivity contribution < 1.29 is 9.53 Å². The topological polar surface area (TPSA) is 29.5 Å². The van der Waals surface area contributed by atoms with Crippen molar-refractivity contribution in [1.29, 1.82) is 0 Å². The van der Waals surface area contributed by atoms with Crippen molar-refractivity contribution in [2.24, 2.45) is 0 Å². The highest BCUT2D eigenvalue weighted by Gasteiger charge is 2.09. The van der Waals surface area contributed by atoms with Gasteiger partial charge in [-0.25, -0.2) is 4.79 Å². The Hall–Kier alpha value is -1.77. The van der Waals surface area contributed by atoms with E-state index in [1.165, 1.54) is 16.0 Å². The Kier molecular flexibility index (Phi) is 4.11. The summed E-state index contributed by atoms with van der Waals surface area (Å²) in [7, 11) is 1.70. The fourth-order valence-corrected chi connectivity index (χ4v) is 1.66. The van der Waals surface area contributed by atoms with Crippen molar-refractivity contribution in [3.63, 3.8) is 0 Å². The zero-order chi connectivity index (χ0) is 12.1. The molecule has 16 heavy (non-hydrogen) atoms. The molecular weight excluding hydrogens is 202 g/mol. The Bertz CT molecular complexity index is 379. The van der Waals surface area contributed by atoms with Crippen LogP contribution in [0.1, 0.15) is 16.7 Å². The van der Waals surface area contributed by atoms with E-state index in [9.17, 15) is 4.79 Å². The van der Waals surface area contributed by atoms with E-state index in [1.54, 1.807) is 7.05 Å². The second-order valence-corrected chi connectivity index (χ2v) is 3.90. The Labute approximate surface area is 96.3 Å². The molecule has 0 spiro atoms. The minimum atomic E-state index is -0.394. The first-order valence-electron chi connectivity index (χ1n) is 5.12. The third-order valence-corrected chi connectivity index (χ3v) is 2.20. The second kappa shape index (κ2) is 5.35. The van der Waals surface area contributed by atoms with E-state index >= 15 is 0 Å². The molecule has 0 fully saturated rings. The molecule has 3 nitrogen and oxygen atoms in total. The molecule has 0 aliphatic carbocycles. The highest BCUT2D eigenvalue weighted by atomic mass is 16.5. The van der Waals surface area contributed by atoms with Gasteiger partial charge in [0.1, 0.15) is 0 Å².